The Morgan fingerprint density at radius 2 is 2.00 bits per heavy atom. The number of amides is 1. The lowest BCUT2D eigenvalue weighted by atomic mass is 10.1. The highest BCUT2D eigenvalue weighted by atomic mass is 16.1. The van der Waals surface area contributed by atoms with E-state index < -0.39 is 6.04 Å². The van der Waals surface area contributed by atoms with E-state index in [1.807, 2.05) is 41.2 Å². The van der Waals surface area contributed by atoms with E-state index in [0.29, 0.717) is 6.54 Å². The van der Waals surface area contributed by atoms with Crippen LogP contribution < -0.4 is 11.1 Å². The highest BCUT2D eigenvalue weighted by Crippen LogP contribution is 2.15. The summed E-state index contributed by atoms with van der Waals surface area (Å²) in [5.74, 6) is -0.385. The zero-order chi connectivity index (χ0) is 15.5. The third-order valence-electron chi connectivity index (χ3n) is 3.25. The van der Waals surface area contributed by atoms with Gasteiger partial charge in [0.25, 0.3) is 0 Å². The number of primary amides is 1. The van der Waals surface area contributed by atoms with E-state index >= 15 is 0 Å². The predicted molar refractivity (Wildman–Crippen MR) is 82.4 cm³/mol. The van der Waals surface area contributed by atoms with Crippen LogP contribution in [0.5, 0.6) is 0 Å². The molecule has 0 fully saturated rings. The van der Waals surface area contributed by atoms with E-state index in [-0.39, 0.29) is 11.4 Å². The number of nitrogens with zero attached hydrogens (tertiary/aromatic N) is 2. The number of rotatable bonds is 5. The minimum Gasteiger partial charge on any atom is -0.368 e. The molecule has 5 nitrogen and oxygen atoms in total. The molecule has 0 bridgehead atoms. The Labute approximate surface area is 125 Å². The van der Waals surface area contributed by atoms with Crippen molar-refractivity contribution >= 4 is 5.91 Å². The molecule has 3 N–H and O–H groups in total. The number of nitrogens with two attached hydrogens (primary N) is 1. The minimum absolute atomic E-state index is 0.0548. The molecule has 2 aromatic rings. The molecule has 5 heteroatoms. The Balaban J connectivity index is 2.06. The number of carbonyl (C=O) groups is 1. The molecular weight excluding hydrogens is 264 g/mol. The van der Waals surface area contributed by atoms with Crippen LogP contribution in [0.3, 0.4) is 0 Å². The van der Waals surface area contributed by atoms with Gasteiger partial charge in [0.1, 0.15) is 6.04 Å². The average Bonchev–Trinajstić information content (AvgIpc) is 2.88. The maximum Gasteiger partial charge on any atom is 0.239 e. The van der Waals surface area contributed by atoms with Gasteiger partial charge in [-0.1, -0.05) is 30.3 Å². The molecule has 0 aliphatic carbocycles. The van der Waals surface area contributed by atoms with Gasteiger partial charge in [-0.25, -0.2) is 0 Å². The Kier molecular flexibility index (Phi) is 4.43. The Bertz CT molecular complexity index is 598. The molecule has 1 aromatic carbocycles. The number of hydrogen-bond acceptors (Lipinski definition) is 3. The van der Waals surface area contributed by atoms with Gasteiger partial charge in [0, 0.05) is 18.3 Å². The van der Waals surface area contributed by atoms with E-state index in [2.05, 4.69) is 31.2 Å². The van der Waals surface area contributed by atoms with Crippen LogP contribution in [0.1, 0.15) is 37.9 Å². The van der Waals surface area contributed by atoms with Crippen LogP contribution in [0.4, 0.5) is 0 Å². The van der Waals surface area contributed by atoms with Gasteiger partial charge in [-0.3, -0.25) is 14.8 Å². The summed E-state index contributed by atoms with van der Waals surface area (Å²) in [6.07, 6.45) is 3.79. The molecule has 0 saturated carbocycles. The van der Waals surface area contributed by atoms with E-state index in [1.54, 1.807) is 6.20 Å². The molecular formula is C16H22N4O. The molecule has 0 spiro atoms. The van der Waals surface area contributed by atoms with Crippen LogP contribution in [0, 0.1) is 0 Å². The van der Waals surface area contributed by atoms with Crippen LogP contribution in [0.2, 0.25) is 0 Å². The Morgan fingerprint density at radius 3 is 2.52 bits per heavy atom. The second kappa shape index (κ2) is 6.10. The maximum atomic E-state index is 11.6. The SMILES string of the molecule is CC(C)(C)n1cc(CN[C@H](C(N)=O)c2ccccc2)cn1. The summed E-state index contributed by atoms with van der Waals surface area (Å²) in [6, 6.07) is 8.98. The van der Waals surface area contributed by atoms with Crippen molar-refractivity contribution in [3.8, 4) is 0 Å². The average molecular weight is 286 g/mol. The molecule has 1 heterocycles. The summed E-state index contributed by atoms with van der Waals surface area (Å²) in [5.41, 5.74) is 7.32. The summed E-state index contributed by atoms with van der Waals surface area (Å²) < 4.78 is 1.91. The second-order valence-electron chi connectivity index (χ2n) is 6.09. The Hall–Kier alpha value is -2.14. The Morgan fingerprint density at radius 1 is 1.33 bits per heavy atom. The molecule has 21 heavy (non-hydrogen) atoms. The van der Waals surface area contributed by atoms with Crippen molar-refractivity contribution < 1.29 is 4.79 Å². The van der Waals surface area contributed by atoms with Gasteiger partial charge in [0.15, 0.2) is 0 Å². The quantitative estimate of drug-likeness (QED) is 0.882. The number of carbonyl (C=O) groups excluding carboxylic acids is 1. The van der Waals surface area contributed by atoms with E-state index in [4.69, 9.17) is 5.73 Å². The van der Waals surface area contributed by atoms with Gasteiger partial charge in [-0.05, 0) is 26.3 Å². The van der Waals surface area contributed by atoms with Crippen molar-refractivity contribution in [2.45, 2.75) is 38.9 Å². The van der Waals surface area contributed by atoms with Crippen molar-refractivity contribution in [1.82, 2.24) is 15.1 Å². The van der Waals surface area contributed by atoms with E-state index in [9.17, 15) is 4.79 Å². The molecule has 1 aromatic heterocycles. The fourth-order valence-electron chi connectivity index (χ4n) is 2.07. The topological polar surface area (TPSA) is 72.9 Å². The molecule has 0 saturated heterocycles. The lowest BCUT2D eigenvalue weighted by molar-refractivity contribution is -0.120. The van der Waals surface area contributed by atoms with Crippen molar-refractivity contribution in [3.05, 3.63) is 53.9 Å². The second-order valence-corrected chi connectivity index (χ2v) is 6.09. The smallest absolute Gasteiger partial charge is 0.239 e. The standard InChI is InChI=1S/C16H22N4O/c1-16(2,3)20-11-12(10-19-20)9-18-14(15(17)21)13-7-5-4-6-8-13/h4-8,10-11,14,18H,9H2,1-3H3,(H2,17,21)/t14-/m0/s1. The van der Waals surface area contributed by atoms with Gasteiger partial charge in [-0.15, -0.1) is 0 Å². The van der Waals surface area contributed by atoms with Crippen molar-refractivity contribution in [2.24, 2.45) is 5.73 Å². The van der Waals surface area contributed by atoms with Crippen LogP contribution >= 0.6 is 0 Å². The number of hydrogen-bond donors (Lipinski definition) is 2. The van der Waals surface area contributed by atoms with Crippen molar-refractivity contribution in [1.29, 1.82) is 0 Å². The fraction of sp³-hybridized carbons (Fsp3) is 0.375. The third kappa shape index (κ3) is 3.92. The van der Waals surface area contributed by atoms with Crippen molar-refractivity contribution in [3.63, 3.8) is 0 Å². The van der Waals surface area contributed by atoms with Gasteiger partial charge in [0.2, 0.25) is 5.91 Å². The molecule has 0 radical (unpaired) electrons. The van der Waals surface area contributed by atoms with Crippen LogP contribution in [0.15, 0.2) is 42.7 Å². The monoisotopic (exact) mass is 286 g/mol. The lowest BCUT2D eigenvalue weighted by Gasteiger charge is -2.19. The van der Waals surface area contributed by atoms with Gasteiger partial charge in [0.05, 0.1) is 11.7 Å². The molecule has 2 rings (SSSR count). The summed E-state index contributed by atoms with van der Waals surface area (Å²) in [4.78, 5) is 11.6. The summed E-state index contributed by atoms with van der Waals surface area (Å²) in [5, 5.41) is 7.53. The zero-order valence-electron chi connectivity index (χ0n) is 12.7. The molecule has 112 valence electrons. The van der Waals surface area contributed by atoms with Crippen LogP contribution in [0.25, 0.3) is 0 Å². The lowest BCUT2D eigenvalue weighted by Crippen LogP contribution is -2.33. The van der Waals surface area contributed by atoms with Crippen LogP contribution in [-0.2, 0) is 16.9 Å². The summed E-state index contributed by atoms with van der Waals surface area (Å²) in [6.45, 7) is 6.81. The first-order valence-electron chi connectivity index (χ1n) is 6.99. The first-order valence-corrected chi connectivity index (χ1v) is 6.99. The number of benzene rings is 1. The van der Waals surface area contributed by atoms with Crippen LogP contribution in [-0.4, -0.2) is 15.7 Å². The number of nitrogens with one attached hydrogen (secondary N) is 1. The summed E-state index contributed by atoms with van der Waals surface area (Å²) in [7, 11) is 0. The van der Waals surface area contributed by atoms with Gasteiger partial charge >= 0.3 is 0 Å². The van der Waals surface area contributed by atoms with E-state index in [1.165, 1.54) is 0 Å². The molecule has 0 aliphatic heterocycles. The van der Waals surface area contributed by atoms with Gasteiger partial charge in [-0.2, -0.15) is 5.10 Å². The number of aromatic nitrogens is 2. The maximum absolute atomic E-state index is 11.6. The van der Waals surface area contributed by atoms with Crippen molar-refractivity contribution in [2.75, 3.05) is 0 Å². The van der Waals surface area contributed by atoms with E-state index in [0.717, 1.165) is 11.1 Å². The first-order chi connectivity index (χ1) is 9.88. The molecule has 1 amide bonds. The largest absolute Gasteiger partial charge is 0.368 e. The fourth-order valence-corrected chi connectivity index (χ4v) is 2.07. The normalized spacial score (nSPS) is 13.1. The minimum atomic E-state index is -0.496. The summed E-state index contributed by atoms with van der Waals surface area (Å²) >= 11 is 0. The highest BCUT2D eigenvalue weighted by Gasteiger charge is 2.18. The molecule has 0 unspecified atom stereocenters. The highest BCUT2D eigenvalue weighted by molar-refractivity contribution is 5.81. The van der Waals surface area contributed by atoms with Gasteiger partial charge < -0.3 is 5.73 Å². The third-order valence-corrected chi connectivity index (χ3v) is 3.25. The first kappa shape index (κ1) is 15.3. The molecule has 1 atom stereocenters. The molecule has 0 aliphatic rings. The predicted octanol–water partition coefficient (Wildman–Crippen LogP) is 1.95. The zero-order valence-corrected chi connectivity index (χ0v) is 12.7.